The van der Waals surface area contributed by atoms with Crippen molar-refractivity contribution in [1.29, 1.82) is 0 Å². The van der Waals surface area contributed by atoms with E-state index >= 15 is 0 Å². The van der Waals surface area contributed by atoms with Crippen LogP contribution in [0.4, 0.5) is 0 Å². The number of aliphatic imine (C=N–C) groups is 1. The van der Waals surface area contributed by atoms with E-state index in [-0.39, 0.29) is 0 Å². The van der Waals surface area contributed by atoms with E-state index in [1.165, 1.54) is 5.84 Å². The third-order valence-electron chi connectivity index (χ3n) is 1.44. The van der Waals surface area contributed by atoms with Gasteiger partial charge in [0.1, 0.15) is 5.84 Å². The average molecular weight is 138 g/mol. The van der Waals surface area contributed by atoms with Crippen LogP contribution >= 0.6 is 0 Å². The van der Waals surface area contributed by atoms with Gasteiger partial charge in [-0.05, 0) is 13.8 Å². The van der Waals surface area contributed by atoms with Crippen LogP contribution in [0.1, 0.15) is 20.3 Å². The van der Waals surface area contributed by atoms with E-state index in [0.29, 0.717) is 6.04 Å². The van der Waals surface area contributed by atoms with Crippen molar-refractivity contribution in [3.05, 3.63) is 12.3 Å². The summed E-state index contributed by atoms with van der Waals surface area (Å²) in [4.78, 5) is 6.51. The molecule has 1 rings (SSSR count). The zero-order valence-corrected chi connectivity index (χ0v) is 6.83. The molecule has 0 amide bonds. The van der Waals surface area contributed by atoms with Crippen molar-refractivity contribution in [2.45, 2.75) is 26.3 Å². The van der Waals surface area contributed by atoms with Gasteiger partial charge >= 0.3 is 0 Å². The molecule has 0 saturated heterocycles. The summed E-state index contributed by atoms with van der Waals surface area (Å²) in [5.74, 6) is 1.18. The molecule has 10 heavy (non-hydrogen) atoms. The average Bonchev–Trinajstić information content (AvgIpc) is 2.15. The summed E-state index contributed by atoms with van der Waals surface area (Å²) in [5, 5.41) is 0. The molecule has 1 aliphatic heterocycles. The van der Waals surface area contributed by atoms with Gasteiger partial charge in [0.05, 0.1) is 0 Å². The van der Waals surface area contributed by atoms with Gasteiger partial charge in [-0.25, -0.2) is 0 Å². The molecule has 0 aliphatic carbocycles. The van der Waals surface area contributed by atoms with Crippen molar-refractivity contribution < 1.29 is 0 Å². The maximum absolute atomic E-state index is 4.44. The minimum atomic E-state index is 0.414. The van der Waals surface area contributed by atoms with E-state index in [9.17, 15) is 0 Å². The van der Waals surface area contributed by atoms with Gasteiger partial charge in [-0.3, -0.25) is 4.99 Å². The van der Waals surface area contributed by atoms with Crippen molar-refractivity contribution in [2.24, 2.45) is 4.99 Å². The van der Waals surface area contributed by atoms with Gasteiger partial charge in [-0.2, -0.15) is 0 Å². The quantitative estimate of drug-likeness (QED) is 0.538. The molecule has 1 heterocycles. The first-order valence-corrected chi connectivity index (χ1v) is 3.66. The Balaban J connectivity index is 2.58. The lowest BCUT2D eigenvalue weighted by molar-refractivity contribution is 0.678. The second-order valence-electron chi connectivity index (χ2n) is 2.84. The normalized spacial score (nSPS) is 21.6. The Labute approximate surface area is 62.3 Å². The lowest BCUT2D eigenvalue weighted by atomic mass is 10.4. The number of amidine groups is 1. The molecule has 0 atom stereocenters. The van der Waals surface area contributed by atoms with E-state index in [4.69, 9.17) is 0 Å². The molecule has 0 N–H and O–H groups in total. The third kappa shape index (κ3) is 1.59. The summed E-state index contributed by atoms with van der Waals surface area (Å²) in [6, 6.07) is 0.414. The first-order chi connectivity index (χ1) is 4.70. The molecule has 0 radical (unpaired) electrons. The van der Waals surface area contributed by atoms with Crippen molar-refractivity contribution in [3.8, 4) is 0 Å². The lowest BCUT2D eigenvalue weighted by Crippen LogP contribution is -2.17. The van der Waals surface area contributed by atoms with Crippen molar-refractivity contribution in [2.75, 3.05) is 7.05 Å². The fraction of sp³-hybridized carbons (Fsp3) is 0.625. The summed E-state index contributed by atoms with van der Waals surface area (Å²) < 4.78 is 0. The van der Waals surface area contributed by atoms with Gasteiger partial charge < -0.3 is 4.90 Å². The zero-order chi connectivity index (χ0) is 7.56. The summed E-state index contributed by atoms with van der Waals surface area (Å²) in [7, 11) is 2.03. The SMILES string of the molecule is CC(C)/N=C1\CC=CN1C. The minimum absolute atomic E-state index is 0.414. The maximum Gasteiger partial charge on any atom is 0.107 e. The second-order valence-corrected chi connectivity index (χ2v) is 2.84. The Morgan fingerprint density at radius 1 is 1.60 bits per heavy atom. The van der Waals surface area contributed by atoms with Gasteiger partial charge in [0.15, 0.2) is 0 Å². The van der Waals surface area contributed by atoms with Gasteiger partial charge in [0.25, 0.3) is 0 Å². The Morgan fingerprint density at radius 2 is 2.30 bits per heavy atom. The van der Waals surface area contributed by atoms with Crippen LogP contribution in [0, 0.1) is 0 Å². The highest BCUT2D eigenvalue weighted by molar-refractivity contribution is 5.86. The standard InChI is InChI=1S/C8H14N2/c1-7(2)9-8-5-4-6-10(8)3/h4,6-7H,5H2,1-3H3/b9-8+. The summed E-state index contributed by atoms with van der Waals surface area (Å²) in [6.45, 7) is 4.19. The summed E-state index contributed by atoms with van der Waals surface area (Å²) in [6.07, 6.45) is 5.18. The van der Waals surface area contributed by atoms with Gasteiger partial charge in [0.2, 0.25) is 0 Å². The zero-order valence-electron chi connectivity index (χ0n) is 6.83. The van der Waals surface area contributed by atoms with E-state index < -0.39 is 0 Å². The maximum atomic E-state index is 4.44. The van der Waals surface area contributed by atoms with Crippen LogP contribution in [-0.4, -0.2) is 23.8 Å². The first kappa shape index (κ1) is 7.32. The highest BCUT2D eigenvalue weighted by Gasteiger charge is 2.07. The summed E-state index contributed by atoms with van der Waals surface area (Å²) in [5.41, 5.74) is 0. The number of hydrogen-bond acceptors (Lipinski definition) is 1. The van der Waals surface area contributed by atoms with Crippen LogP contribution < -0.4 is 0 Å². The molecule has 2 nitrogen and oxygen atoms in total. The fourth-order valence-electron chi connectivity index (χ4n) is 0.988. The molecule has 56 valence electrons. The predicted molar refractivity (Wildman–Crippen MR) is 44.1 cm³/mol. The smallest absolute Gasteiger partial charge is 0.107 e. The number of hydrogen-bond donors (Lipinski definition) is 0. The first-order valence-electron chi connectivity index (χ1n) is 3.66. The molecule has 2 heteroatoms. The number of rotatable bonds is 1. The highest BCUT2D eigenvalue weighted by atomic mass is 15.2. The Bertz CT molecular complexity index is 168. The molecular weight excluding hydrogens is 124 g/mol. The van der Waals surface area contributed by atoms with Crippen molar-refractivity contribution >= 4 is 5.84 Å². The lowest BCUT2D eigenvalue weighted by Gasteiger charge is -2.10. The van der Waals surface area contributed by atoms with Crippen LogP contribution in [-0.2, 0) is 0 Å². The van der Waals surface area contributed by atoms with E-state index in [1.807, 2.05) is 7.05 Å². The van der Waals surface area contributed by atoms with Gasteiger partial charge in [-0.15, -0.1) is 0 Å². The molecule has 1 aliphatic rings. The van der Waals surface area contributed by atoms with E-state index in [2.05, 4.69) is 36.0 Å². The second kappa shape index (κ2) is 2.86. The molecule has 0 bridgehead atoms. The largest absolute Gasteiger partial charge is 0.340 e. The van der Waals surface area contributed by atoms with Gasteiger partial charge in [-0.1, -0.05) is 6.08 Å². The fourth-order valence-corrected chi connectivity index (χ4v) is 0.988. The van der Waals surface area contributed by atoms with Crippen LogP contribution in [0.3, 0.4) is 0 Å². The van der Waals surface area contributed by atoms with Crippen LogP contribution in [0.5, 0.6) is 0 Å². The van der Waals surface area contributed by atoms with Crippen molar-refractivity contribution in [1.82, 2.24) is 4.90 Å². The van der Waals surface area contributed by atoms with Crippen molar-refractivity contribution in [3.63, 3.8) is 0 Å². The minimum Gasteiger partial charge on any atom is -0.340 e. The topological polar surface area (TPSA) is 15.6 Å². The summed E-state index contributed by atoms with van der Waals surface area (Å²) >= 11 is 0. The Kier molecular flexibility index (Phi) is 2.10. The van der Waals surface area contributed by atoms with Crippen LogP contribution in [0.15, 0.2) is 17.3 Å². The monoisotopic (exact) mass is 138 g/mol. The molecule has 0 aromatic rings. The van der Waals surface area contributed by atoms with E-state index in [1.54, 1.807) is 0 Å². The predicted octanol–water partition coefficient (Wildman–Crippen LogP) is 1.64. The third-order valence-corrected chi connectivity index (χ3v) is 1.44. The highest BCUT2D eigenvalue weighted by Crippen LogP contribution is 2.06. The molecule has 0 aromatic heterocycles. The Morgan fingerprint density at radius 3 is 2.70 bits per heavy atom. The van der Waals surface area contributed by atoms with Gasteiger partial charge in [0, 0.05) is 25.7 Å². The molecule has 0 spiro atoms. The Hall–Kier alpha value is -0.790. The number of nitrogens with zero attached hydrogens (tertiary/aromatic N) is 2. The molecule has 0 fully saturated rings. The molecule has 0 aromatic carbocycles. The van der Waals surface area contributed by atoms with E-state index in [0.717, 1.165) is 6.42 Å². The van der Waals surface area contributed by atoms with Crippen LogP contribution in [0.25, 0.3) is 0 Å². The molecule has 0 unspecified atom stereocenters. The molecular formula is C8H14N2. The van der Waals surface area contributed by atoms with Crippen LogP contribution in [0.2, 0.25) is 0 Å². The molecule has 0 saturated carbocycles.